The van der Waals surface area contributed by atoms with Gasteiger partial charge >= 0.3 is 0 Å². The number of rotatable bonds is 1. The first kappa shape index (κ1) is 10.7. The molecule has 4 nitrogen and oxygen atoms in total. The van der Waals surface area contributed by atoms with Gasteiger partial charge in [0.15, 0.2) is 0 Å². The molecule has 0 unspecified atom stereocenters. The molecule has 1 aliphatic heterocycles. The Morgan fingerprint density at radius 3 is 3.00 bits per heavy atom. The van der Waals surface area contributed by atoms with Crippen molar-refractivity contribution in [3.8, 4) is 5.75 Å². The van der Waals surface area contributed by atoms with Crippen LogP contribution in [0.5, 0.6) is 5.75 Å². The quantitative estimate of drug-likeness (QED) is 0.847. The number of hydrogen-bond donors (Lipinski definition) is 2. The smallest absolute Gasteiger partial charge is 0.268 e. The molecule has 0 saturated carbocycles. The second-order valence-corrected chi connectivity index (χ2v) is 4.84. The fraction of sp³-hybridized carbons (Fsp3) is 0.250. The Hall–Kier alpha value is -1.49. The molecule has 0 bridgehead atoms. The zero-order chi connectivity index (χ0) is 12.0. The van der Waals surface area contributed by atoms with E-state index in [-0.39, 0.29) is 5.91 Å². The van der Waals surface area contributed by atoms with E-state index >= 15 is 0 Å². The molecular formula is C12H11BrN2O2. The van der Waals surface area contributed by atoms with Gasteiger partial charge in [0.25, 0.3) is 5.91 Å². The number of aromatic amines is 1. The van der Waals surface area contributed by atoms with Gasteiger partial charge in [0, 0.05) is 16.4 Å². The standard InChI is InChI=1S/C12H11BrN2O2/c1-17-8-3-2-7(13)11-9(8)6-4-5-14-12(16)10(6)15-11/h2-3,15H,4-5H2,1H3,(H,14,16). The highest BCUT2D eigenvalue weighted by Gasteiger charge is 2.24. The van der Waals surface area contributed by atoms with Crippen molar-refractivity contribution in [2.24, 2.45) is 0 Å². The van der Waals surface area contributed by atoms with Crippen LogP contribution in [0.2, 0.25) is 0 Å². The summed E-state index contributed by atoms with van der Waals surface area (Å²) in [4.78, 5) is 14.9. The van der Waals surface area contributed by atoms with Crippen LogP contribution in [0.4, 0.5) is 0 Å². The Kier molecular flexibility index (Phi) is 2.36. The van der Waals surface area contributed by atoms with Gasteiger partial charge in [0.1, 0.15) is 11.4 Å². The molecule has 5 heteroatoms. The van der Waals surface area contributed by atoms with Gasteiger partial charge in [-0.3, -0.25) is 4.79 Å². The summed E-state index contributed by atoms with van der Waals surface area (Å²) in [7, 11) is 1.64. The average Bonchev–Trinajstić information content (AvgIpc) is 2.72. The largest absolute Gasteiger partial charge is 0.496 e. The van der Waals surface area contributed by atoms with Gasteiger partial charge in [-0.25, -0.2) is 0 Å². The lowest BCUT2D eigenvalue weighted by atomic mass is 10.0. The Morgan fingerprint density at radius 1 is 1.41 bits per heavy atom. The molecule has 1 aliphatic rings. The van der Waals surface area contributed by atoms with Gasteiger partial charge in [-0.2, -0.15) is 0 Å². The Morgan fingerprint density at radius 2 is 2.24 bits per heavy atom. The maximum Gasteiger partial charge on any atom is 0.268 e. The molecule has 1 aromatic carbocycles. The van der Waals surface area contributed by atoms with E-state index in [0.717, 1.165) is 33.1 Å². The van der Waals surface area contributed by atoms with Gasteiger partial charge < -0.3 is 15.0 Å². The Labute approximate surface area is 106 Å². The molecule has 2 heterocycles. The Bertz CT molecular complexity index is 618. The molecule has 2 N–H and O–H groups in total. The molecule has 0 spiro atoms. The van der Waals surface area contributed by atoms with E-state index < -0.39 is 0 Å². The first-order valence-electron chi connectivity index (χ1n) is 5.37. The highest BCUT2D eigenvalue weighted by molar-refractivity contribution is 9.10. The van der Waals surface area contributed by atoms with E-state index in [0.29, 0.717) is 12.2 Å². The fourth-order valence-corrected chi connectivity index (χ4v) is 2.74. The predicted octanol–water partition coefficient (Wildman–Crippen LogP) is 2.22. The minimum Gasteiger partial charge on any atom is -0.496 e. The van der Waals surface area contributed by atoms with Gasteiger partial charge in [0.05, 0.1) is 12.6 Å². The first-order valence-corrected chi connectivity index (χ1v) is 6.17. The lowest BCUT2D eigenvalue weighted by Gasteiger charge is -2.12. The number of benzene rings is 1. The van der Waals surface area contributed by atoms with Crippen LogP contribution >= 0.6 is 15.9 Å². The van der Waals surface area contributed by atoms with Crippen LogP contribution in [-0.4, -0.2) is 24.5 Å². The average molecular weight is 295 g/mol. The number of ether oxygens (including phenoxy) is 1. The van der Waals surface area contributed by atoms with E-state index in [4.69, 9.17) is 4.74 Å². The third-order valence-electron chi connectivity index (χ3n) is 3.08. The summed E-state index contributed by atoms with van der Waals surface area (Å²) in [5.74, 6) is 0.756. The zero-order valence-electron chi connectivity index (χ0n) is 9.26. The predicted molar refractivity (Wildman–Crippen MR) is 68.6 cm³/mol. The van der Waals surface area contributed by atoms with Crippen molar-refractivity contribution in [3.05, 3.63) is 27.9 Å². The van der Waals surface area contributed by atoms with Crippen molar-refractivity contribution >= 4 is 32.7 Å². The van der Waals surface area contributed by atoms with E-state index in [1.54, 1.807) is 7.11 Å². The third-order valence-corrected chi connectivity index (χ3v) is 3.74. The van der Waals surface area contributed by atoms with Crippen LogP contribution in [0.15, 0.2) is 16.6 Å². The number of carbonyl (C=O) groups excluding carboxylic acids is 1. The maximum atomic E-state index is 11.8. The summed E-state index contributed by atoms with van der Waals surface area (Å²) in [6.45, 7) is 0.675. The monoisotopic (exact) mass is 294 g/mol. The highest BCUT2D eigenvalue weighted by Crippen LogP contribution is 2.36. The fourth-order valence-electron chi connectivity index (χ4n) is 2.31. The molecule has 3 rings (SSSR count). The van der Waals surface area contributed by atoms with Crippen molar-refractivity contribution in [3.63, 3.8) is 0 Å². The van der Waals surface area contributed by atoms with Crippen LogP contribution in [0, 0.1) is 0 Å². The second kappa shape index (κ2) is 3.77. The van der Waals surface area contributed by atoms with E-state index in [2.05, 4.69) is 26.2 Å². The SMILES string of the molecule is COc1ccc(Br)c2[nH]c3c(c12)CCNC3=O. The van der Waals surface area contributed by atoms with Crippen molar-refractivity contribution in [2.45, 2.75) is 6.42 Å². The molecule has 0 fully saturated rings. The van der Waals surface area contributed by atoms with Crippen molar-refractivity contribution in [1.29, 1.82) is 0 Å². The van der Waals surface area contributed by atoms with Gasteiger partial charge in [0.2, 0.25) is 0 Å². The normalized spacial score (nSPS) is 14.6. The van der Waals surface area contributed by atoms with Crippen molar-refractivity contribution in [1.82, 2.24) is 10.3 Å². The lowest BCUT2D eigenvalue weighted by molar-refractivity contribution is 0.0942. The molecular weight excluding hydrogens is 284 g/mol. The number of hydrogen-bond acceptors (Lipinski definition) is 2. The molecule has 88 valence electrons. The number of methoxy groups -OCH3 is 1. The van der Waals surface area contributed by atoms with Crippen molar-refractivity contribution in [2.75, 3.05) is 13.7 Å². The van der Waals surface area contributed by atoms with Gasteiger partial charge in [-0.15, -0.1) is 0 Å². The van der Waals surface area contributed by atoms with Crippen LogP contribution < -0.4 is 10.1 Å². The van der Waals surface area contributed by atoms with Crippen LogP contribution in [0.3, 0.4) is 0 Å². The van der Waals surface area contributed by atoms with E-state index in [9.17, 15) is 4.79 Å². The third kappa shape index (κ3) is 1.45. The molecule has 0 saturated heterocycles. The molecule has 17 heavy (non-hydrogen) atoms. The number of halogens is 1. The second-order valence-electron chi connectivity index (χ2n) is 3.98. The molecule has 1 amide bonds. The summed E-state index contributed by atoms with van der Waals surface area (Å²) >= 11 is 3.49. The van der Waals surface area contributed by atoms with Crippen LogP contribution in [0.25, 0.3) is 10.9 Å². The zero-order valence-corrected chi connectivity index (χ0v) is 10.8. The Balaban J connectivity index is 2.41. The first-order chi connectivity index (χ1) is 8.22. The summed E-state index contributed by atoms with van der Waals surface area (Å²) in [6.07, 6.45) is 0.827. The maximum absolute atomic E-state index is 11.8. The number of aromatic nitrogens is 1. The number of H-pyrrole nitrogens is 1. The lowest BCUT2D eigenvalue weighted by Crippen LogP contribution is -2.31. The number of amides is 1. The number of fused-ring (bicyclic) bond motifs is 3. The molecule has 1 aromatic heterocycles. The van der Waals surface area contributed by atoms with E-state index in [1.807, 2.05) is 12.1 Å². The minimum absolute atomic E-state index is 0.0450. The number of nitrogens with one attached hydrogen (secondary N) is 2. The van der Waals surface area contributed by atoms with Crippen molar-refractivity contribution < 1.29 is 9.53 Å². The summed E-state index contributed by atoms with van der Waals surface area (Å²) < 4.78 is 6.31. The van der Waals surface area contributed by atoms with Gasteiger partial charge in [-0.05, 0) is 40.0 Å². The summed E-state index contributed by atoms with van der Waals surface area (Å²) in [5.41, 5.74) is 2.62. The van der Waals surface area contributed by atoms with Crippen LogP contribution in [0.1, 0.15) is 16.1 Å². The highest BCUT2D eigenvalue weighted by atomic mass is 79.9. The molecule has 0 aliphatic carbocycles. The van der Waals surface area contributed by atoms with Gasteiger partial charge in [-0.1, -0.05) is 0 Å². The topological polar surface area (TPSA) is 54.1 Å². The van der Waals surface area contributed by atoms with E-state index in [1.165, 1.54) is 0 Å². The number of carbonyl (C=O) groups is 1. The summed E-state index contributed by atoms with van der Waals surface area (Å²) in [6, 6.07) is 3.83. The van der Waals surface area contributed by atoms with Crippen LogP contribution in [-0.2, 0) is 6.42 Å². The minimum atomic E-state index is -0.0450. The summed E-state index contributed by atoms with van der Waals surface area (Å²) in [5, 5.41) is 3.84. The molecule has 0 atom stereocenters. The molecule has 2 aromatic rings. The molecule has 0 radical (unpaired) electrons.